The van der Waals surface area contributed by atoms with Gasteiger partial charge in [0.2, 0.25) is 0 Å². The van der Waals surface area contributed by atoms with E-state index in [4.69, 9.17) is 9.47 Å². The molecule has 0 heterocycles. The zero-order chi connectivity index (χ0) is 22.9. The van der Waals surface area contributed by atoms with Crippen molar-refractivity contribution in [3.8, 4) is 17.6 Å². The number of nitrogens with one attached hydrogen (secondary N) is 1. The molecule has 4 saturated carbocycles. The summed E-state index contributed by atoms with van der Waals surface area (Å²) >= 11 is 0. The third-order valence-corrected chi connectivity index (χ3v) is 9.10. The van der Waals surface area contributed by atoms with E-state index in [1.165, 1.54) is 45.1 Å². The number of rotatable bonds is 10. The van der Waals surface area contributed by atoms with E-state index in [2.05, 4.69) is 33.0 Å². The van der Waals surface area contributed by atoms with Gasteiger partial charge in [0.25, 0.3) is 0 Å². The lowest BCUT2D eigenvalue weighted by molar-refractivity contribution is -0.888. The molecule has 0 amide bonds. The fourth-order valence-corrected chi connectivity index (χ4v) is 8.03. The van der Waals surface area contributed by atoms with Gasteiger partial charge < -0.3 is 26.8 Å². The molecule has 4 fully saturated rings. The molecule has 4 nitrogen and oxygen atoms in total. The monoisotopic (exact) mass is 474 g/mol. The summed E-state index contributed by atoms with van der Waals surface area (Å²) in [6.45, 7) is 6.82. The molecule has 5 heteroatoms. The second-order valence-electron chi connectivity index (χ2n) is 11.7. The second-order valence-corrected chi connectivity index (χ2v) is 11.7. The molecule has 0 radical (unpaired) electrons. The average Bonchev–Trinajstić information content (AvgIpc) is 2.74. The van der Waals surface area contributed by atoms with Crippen LogP contribution in [0.15, 0.2) is 18.2 Å². The largest absolute Gasteiger partial charge is 1.00 e. The third kappa shape index (κ3) is 5.15. The van der Waals surface area contributed by atoms with E-state index < -0.39 is 5.41 Å². The van der Waals surface area contributed by atoms with Crippen LogP contribution in [0.5, 0.6) is 11.5 Å². The highest BCUT2D eigenvalue weighted by atomic mass is 35.5. The minimum atomic E-state index is -0.499. The van der Waals surface area contributed by atoms with Crippen LogP contribution in [0, 0.1) is 40.4 Å². The lowest BCUT2D eigenvalue weighted by Gasteiger charge is -2.56. The van der Waals surface area contributed by atoms with Crippen LogP contribution in [-0.2, 0) is 5.41 Å². The number of quaternary nitrogens is 1. The predicted molar refractivity (Wildman–Crippen MR) is 128 cm³/mol. The number of hydrogen-bond acceptors (Lipinski definition) is 3. The van der Waals surface area contributed by atoms with Gasteiger partial charge in [0.15, 0.2) is 11.5 Å². The number of nitriles is 1. The van der Waals surface area contributed by atoms with Crippen molar-refractivity contribution in [3.05, 3.63) is 23.8 Å². The average molecular weight is 475 g/mol. The van der Waals surface area contributed by atoms with E-state index >= 15 is 0 Å². The Balaban J connectivity index is 0.00000306. The van der Waals surface area contributed by atoms with Crippen molar-refractivity contribution in [2.24, 2.45) is 29.1 Å². The van der Waals surface area contributed by atoms with Gasteiger partial charge in [-0.1, -0.05) is 19.9 Å². The van der Waals surface area contributed by atoms with E-state index in [0.717, 1.165) is 42.7 Å². The number of nitrogens with zero attached hydrogens (tertiary/aromatic N) is 1. The van der Waals surface area contributed by atoms with Crippen molar-refractivity contribution in [2.75, 3.05) is 34.4 Å². The molecule has 0 spiro atoms. The van der Waals surface area contributed by atoms with Crippen LogP contribution in [0.3, 0.4) is 0 Å². The van der Waals surface area contributed by atoms with Crippen molar-refractivity contribution in [2.45, 2.75) is 70.6 Å². The number of halogens is 1. The van der Waals surface area contributed by atoms with Gasteiger partial charge in [-0.15, -0.1) is 0 Å². The van der Waals surface area contributed by atoms with Crippen LogP contribution in [0.1, 0.15) is 70.8 Å². The molecule has 0 aliphatic heterocycles. The number of hydrogen-bond donors (Lipinski definition) is 1. The quantitative estimate of drug-likeness (QED) is 0.560. The summed E-state index contributed by atoms with van der Waals surface area (Å²) in [5.41, 5.74) is 1.17. The van der Waals surface area contributed by atoms with Crippen LogP contribution in [0.4, 0.5) is 0 Å². The van der Waals surface area contributed by atoms with Gasteiger partial charge in [-0.2, -0.15) is 5.26 Å². The first-order valence-corrected chi connectivity index (χ1v) is 12.8. The van der Waals surface area contributed by atoms with E-state index in [9.17, 15) is 5.26 Å². The van der Waals surface area contributed by atoms with Crippen molar-refractivity contribution < 1.29 is 26.8 Å². The van der Waals surface area contributed by atoms with E-state index in [1.807, 2.05) is 12.1 Å². The lowest BCUT2D eigenvalue weighted by atomic mass is 9.49. The molecule has 0 saturated heterocycles. The van der Waals surface area contributed by atoms with Crippen molar-refractivity contribution in [1.82, 2.24) is 0 Å². The molecule has 4 bridgehead atoms. The molecule has 2 unspecified atom stereocenters. The number of benzene rings is 1. The molecular formula is C28H43ClN2O2. The number of ether oxygens (including phenoxy) is 2. The molecule has 1 aromatic carbocycles. The summed E-state index contributed by atoms with van der Waals surface area (Å²) in [5.74, 6) is 4.71. The van der Waals surface area contributed by atoms with Gasteiger partial charge >= 0.3 is 0 Å². The highest BCUT2D eigenvalue weighted by Crippen LogP contribution is 2.59. The molecule has 4 aliphatic carbocycles. The first-order valence-electron chi connectivity index (χ1n) is 12.8. The summed E-state index contributed by atoms with van der Waals surface area (Å²) in [5, 5.41) is 10.3. The molecule has 1 aromatic rings. The van der Waals surface area contributed by atoms with Gasteiger partial charge in [-0.05, 0) is 92.7 Å². The van der Waals surface area contributed by atoms with Crippen molar-refractivity contribution in [1.29, 1.82) is 5.26 Å². The summed E-state index contributed by atoms with van der Waals surface area (Å²) in [4.78, 5) is 1.66. The fraction of sp³-hybridized carbons (Fsp3) is 0.750. The first kappa shape index (κ1) is 26.2. The highest BCUT2D eigenvalue weighted by Gasteiger charge is 2.52. The molecular weight excluding hydrogens is 432 g/mol. The Bertz CT molecular complexity index is 814. The highest BCUT2D eigenvalue weighted by molar-refractivity contribution is 5.47. The Labute approximate surface area is 207 Å². The van der Waals surface area contributed by atoms with Crippen molar-refractivity contribution in [3.63, 3.8) is 0 Å². The molecule has 0 aromatic heterocycles. The Morgan fingerprint density at radius 1 is 1.06 bits per heavy atom. The SMILES string of the molecule is COc1ccc(C(C#N)(CCC[NH+](C)CC23CC4CC(CC(C4)C2)C3)C(C)C)cc1OC.[Cl-]. The van der Waals surface area contributed by atoms with Gasteiger partial charge in [0, 0.05) is 5.41 Å². The maximum atomic E-state index is 10.3. The van der Waals surface area contributed by atoms with Gasteiger partial charge in [-0.3, -0.25) is 0 Å². The van der Waals surface area contributed by atoms with E-state index in [-0.39, 0.29) is 18.3 Å². The zero-order valence-electron chi connectivity index (χ0n) is 21.3. The van der Waals surface area contributed by atoms with Gasteiger partial charge in [-0.25, -0.2) is 0 Å². The van der Waals surface area contributed by atoms with Crippen LogP contribution in [0.2, 0.25) is 0 Å². The summed E-state index contributed by atoms with van der Waals surface area (Å²) in [6, 6.07) is 8.71. The lowest BCUT2D eigenvalue weighted by Crippen LogP contribution is -3.10. The van der Waals surface area contributed by atoms with E-state index in [0.29, 0.717) is 16.9 Å². The Morgan fingerprint density at radius 2 is 1.64 bits per heavy atom. The van der Waals surface area contributed by atoms with Crippen LogP contribution >= 0.6 is 0 Å². The Morgan fingerprint density at radius 3 is 2.12 bits per heavy atom. The summed E-state index contributed by atoms with van der Waals surface area (Å²) in [7, 11) is 5.70. The standard InChI is InChI=1S/C28H42N2O2.ClH/c1-20(2)28(18-29,24-7-8-25(31-4)26(14-24)32-5)9-6-10-30(3)19-27-15-21-11-22(16-27)13-23(12-21)17-27;/h7-8,14,20-23H,6,9-13,15-17,19H2,1-5H3;1H. The maximum absolute atomic E-state index is 10.3. The topological polar surface area (TPSA) is 46.7 Å². The third-order valence-electron chi connectivity index (χ3n) is 9.10. The van der Waals surface area contributed by atoms with Gasteiger partial charge in [0.05, 0.1) is 45.8 Å². The van der Waals surface area contributed by atoms with Crippen LogP contribution in [0.25, 0.3) is 0 Å². The minimum Gasteiger partial charge on any atom is -1.00 e. The van der Waals surface area contributed by atoms with Gasteiger partial charge in [0.1, 0.15) is 0 Å². The predicted octanol–water partition coefficient (Wildman–Crippen LogP) is 1.64. The molecule has 33 heavy (non-hydrogen) atoms. The molecule has 184 valence electrons. The molecule has 4 aliphatic rings. The smallest absolute Gasteiger partial charge is 0.161 e. The van der Waals surface area contributed by atoms with Crippen LogP contribution < -0.4 is 26.8 Å². The Hall–Kier alpha value is -1.44. The maximum Gasteiger partial charge on any atom is 0.161 e. The molecule has 5 rings (SSSR count). The van der Waals surface area contributed by atoms with Crippen molar-refractivity contribution >= 4 is 0 Å². The second kappa shape index (κ2) is 10.4. The summed E-state index contributed by atoms with van der Waals surface area (Å²) < 4.78 is 10.9. The van der Waals surface area contributed by atoms with Crippen LogP contribution in [-0.4, -0.2) is 34.4 Å². The molecule has 2 atom stereocenters. The number of methoxy groups -OCH3 is 2. The minimum absolute atomic E-state index is 0. The van der Waals surface area contributed by atoms with E-state index in [1.54, 1.807) is 19.1 Å². The summed E-state index contributed by atoms with van der Waals surface area (Å²) in [6.07, 6.45) is 10.9. The zero-order valence-corrected chi connectivity index (χ0v) is 22.0. The Kier molecular flexibility index (Phi) is 8.28. The first-order chi connectivity index (χ1) is 15.3. The normalized spacial score (nSPS) is 30.3. The fourth-order valence-electron chi connectivity index (χ4n) is 8.03. The molecule has 1 N–H and O–H groups in total.